The van der Waals surface area contributed by atoms with E-state index >= 15 is 0 Å². The number of esters is 1. The van der Waals surface area contributed by atoms with Crippen molar-refractivity contribution in [2.75, 3.05) is 26.9 Å². The van der Waals surface area contributed by atoms with Crippen molar-refractivity contribution in [1.29, 1.82) is 0 Å². The highest BCUT2D eigenvalue weighted by molar-refractivity contribution is 5.86. The molecule has 1 saturated carbocycles. The number of benzene rings is 2. The van der Waals surface area contributed by atoms with Crippen LogP contribution in [-0.2, 0) is 25.6 Å². The Morgan fingerprint density at radius 1 is 0.951 bits per heavy atom. The monoisotopic (exact) mass is 563 g/mol. The number of nitrogens with two attached hydrogens (primary N) is 1. The van der Waals surface area contributed by atoms with Crippen molar-refractivity contribution in [1.82, 2.24) is 9.78 Å². The van der Waals surface area contributed by atoms with Gasteiger partial charge in [0.25, 0.3) is 5.91 Å². The fraction of sp³-hybridized carbons (Fsp3) is 0.469. The summed E-state index contributed by atoms with van der Waals surface area (Å²) in [5, 5.41) is 4.87. The summed E-state index contributed by atoms with van der Waals surface area (Å²) in [7, 11) is 1.63. The van der Waals surface area contributed by atoms with Crippen LogP contribution >= 0.6 is 0 Å². The van der Waals surface area contributed by atoms with Crippen molar-refractivity contribution in [2.45, 2.75) is 58.6 Å². The van der Waals surface area contributed by atoms with E-state index in [4.69, 9.17) is 29.8 Å². The maximum absolute atomic E-state index is 12.0. The topological polar surface area (TPSA) is 115 Å². The summed E-state index contributed by atoms with van der Waals surface area (Å²) in [6.07, 6.45) is 4.05. The lowest BCUT2D eigenvalue weighted by atomic mass is 9.82. The Balaban J connectivity index is 1.52. The number of amides is 1. The van der Waals surface area contributed by atoms with Gasteiger partial charge >= 0.3 is 5.97 Å². The third kappa shape index (κ3) is 8.57. The molecule has 2 N–H and O–H groups in total. The molecule has 1 fully saturated rings. The minimum atomic E-state index is -0.565. The number of carbonyl (C=O) groups excluding carboxylic acids is 2. The van der Waals surface area contributed by atoms with Crippen molar-refractivity contribution in [3.8, 4) is 34.0 Å². The van der Waals surface area contributed by atoms with Gasteiger partial charge in [-0.1, -0.05) is 42.5 Å². The lowest BCUT2D eigenvalue weighted by molar-refractivity contribution is -0.160. The number of aromatic nitrogens is 2. The van der Waals surface area contributed by atoms with E-state index in [9.17, 15) is 9.59 Å². The lowest BCUT2D eigenvalue weighted by Gasteiger charge is -2.29. The Hall–Kier alpha value is -3.85. The van der Waals surface area contributed by atoms with Crippen LogP contribution in [0.1, 0.15) is 46.5 Å². The van der Waals surface area contributed by atoms with E-state index < -0.39 is 11.5 Å². The number of carbonyl (C=O) groups is 2. The van der Waals surface area contributed by atoms with Gasteiger partial charge in [0.2, 0.25) is 5.88 Å². The van der Waals surface area contributed by atoms with Gasteiger partial charge in [-0.25, -0.2) is 4.79 Å². The van der Waals surface area contributed by atoms with Gasteiger partial charge in [0.15, 0.2) is 6.61 Å². The van der Waals surface area contributed by atoms with Crippen LogP contribution in [0, 0.1) is 11.8 Å². The van der Waals surface area contributed by atoms with E-state index in [0.717, 1.165) is 48.1 Å². The summed E-state index contributed by atoms with van der Waals surface area (Å²) in [6.45, 7) is 6.51. The van der Waals surface area contributed by atoms with Crippen molar-refractivity contribution >= 4 is 11.9 Å². The molecular weight excluding hydrogens is 522 g/mol. The second-order valence-corrected chi connectivity index (χ2v) is 11.6. The molecule has 1 aromatic heterocycles. The number of hydrogen-bond donors (Lipinski definition) is 1. The van der Waals surface area contributed by atoms with Gasteiger partial charge in [-0.2, -0.15) is 0 Å². The molecule has 0 atom stereocenters. The molecule has 3 aromatic rings. The molecule has 0 unspecified atom stereocenters. The van der Waals surface area contributed by atoms with Crippen molar-refractivity contribution in [2.24, 2.45) is 17.6 Å². The van der Waals surface area contributed by atoms with Crippen molar-refractivity contribution in [3.63, 3.8) is 0 Å². The fourth-order valence-corrected chi connectivity index (χ4v) is 5.25. The highest BCUT2D eigenvalue weighted by Crippen LogP contribution is 2.41. The van der Waals surface area contributed by atoms with Crippen molar-refractivity contribution in [3.05, 3.63) is 54.6 Å². The maximum Gasteiger partial charge on any atom is 0.332 e. The van der Waals surface area contributed by atoms with Gasteiger partial charge in [0, 0.05) is 12.1 Å². The Morgan fingerprint density at radius 2 is 1.63 bits per heavy atom. The Bertz CT molecular complexity index is 1310. The van der Waals surface area contributed by atoms with Crippen LogP contribution in [0.15, 0.2) is 54.6 Å². The lowest BCUT2D eigenvalue weighted by Crippen LogP contribution is -2.28. The van der Waals surface area contributed by atoms with Crippen LogP contribution in [0.3, 0.4) is 0 Å². The molecule has 0 aliphatic heterocycles. The van der Waals surface area contributed by atoms with Gasteiger partial charge in [-0.15, -0.1) is 5.10 Å². The standard InChI is InChI=1S/C32H41N3O6/c1-32(2,3)41-28(37)21-39-19-23-15-13-22(14-16-23)18-35-30(24-9-6-5-7-10-24)29(31(34-35)40-20-27(33)36)25-11-8-12-26(17-25)38-4/h5-12,17,22-23H,13-16,18-21H2,1-4H3,(H2,33,36). The van der Waals surface area contributed by atoms with Crippen LogP contribution in [0.5, 0.6) is 11.6 Å². The molecule has 0 radical (unpaired) electrons. The van der Waals surface area contributed by atoms with E-state index in [1.807, 2.05) is 80.1 Å². The Morgan fingerprint density at radius 3 is 2.29 bits per heavy atom. The van der Waals surface area contributed by atoms with E-state index in [2.05, 4.69) is 0 Å². The van der Waals surface area contributed by atoms with Crippen LogP contribution in [0.4, 0.5) is 0 Å². The summed E-state index contributed by atoms with van der Waals surface area (Å²) in [5.41, 5.74) is 8.48. The first-order valence-corrected chi connectivity index (χ1v) is 14.1. The highest BCUT2D eigenvalue weighted by atomic mass is 16.6. The molecule has 0 saturated heterocycles. The molecule has 0 spiro atoms. The molecule has 1 aliphatic carbocycles. The molecular formula is C32H41N3O6. The second kappa shape index (κ2) is 13.7. The average molecular weight is 564 g/mol. The van der Waals surface area contributed by atoms with Gasteiger partial charge in [0.05, 0.1) is 25.0 Å². The quantitative estimate of drug-likeness (QED) is 0.299. The molecule has 9 heteroatoms. The number of nitrogens with zero attached hydrogens (tertiary/aromatic N) is 2. The first-order chi connectivity index (χ1) is 19.6. The predicted octanol–water partition coefficient (Wildman–Crippen LogP) is 5.25. The number of methoxy groups -OCH3 is 1. The minimum absolute atomic E-state index is 0.0218. The minimum Gasteiger partial charge on any atom is -0.497 e. The van der Waals surface area contributed by atoms with Gasteiger partial charge in [0.1, 0.15) is 18.0 Å². The van der Waals surface area contributed by atoms with Gasteiger partial charge in [-0.3, -0.25) is 9.48 Å². The molecule has 4 rings (SSSR count). The molecule has 1 aliphatic rings. The molecule has 0 bridgehead atoms. The molecule has 220 valence electrons. The van der Waals surface area contributed by atoms with Crippen LogP contribution in [0.2, 0.25) is 0 Å². The fourth-order valence-electron chi connectivity index (χ4n) is 5.25. The van der Waals surface area contributed by atoms with Crippen LogP contribution in [0.25, 0.3) is 22.4 Å². The van der Waals surface area contributed by atoms with E-state index in [-0.39, 0.29) is 19.2 Å². The number of rotatable bonds is 12. The van der Waals surface area contributed by atoms with Gasteiger partial charge in [-0.05, 0) is 76.0 Å². The first-order valence-electron chi connectivity index (χ1n) is 14.1. The number of primary amides is 1. The SMILES string of the molecule is COc1cccc(-c2c(OCC(N)=O)nn(CC3CCC(COCC(=O)OC(C)(C)C)CC3)c2-c2ccccc2)c1. The zero-order valence-corrected chi connectivity index (χ0v) is 24.4. The summed E-state index contributed by atoms with van der Waals surface area (Å²) < 4.78 is 24.4. The Labute approximate surface area is 241 Å². The molecule has 41 heavy (non-hydrogen) atoms. The summed E-state index contributed by atoms with van der Waals surface area (Å²) in [6, 6.07) is 17.8. The molecule has 1 heterocycles. The zero-order chi connectivity index (χ0) is 29.4. The summed E-state index contributed by atoms with van der Waals surface area (Å²) in [5.74, 6) is 0.981. The highest BCUT2D eigenvalue weighted by Gasteiger charge is 2.27. The number of hydrogen-bond acceptors (Lipinski definition) is 7. The molecule has 9 nitrogen and oxygen atoms in total. The molecule has 2 aromatic carbocycles. The maximum atomic E-state index is 12.0. The number of ether oxygens (including phenoxy) is 4. The summed E-state index contributed by atoms with van der Waals surface area (Å²) >= 11 is 0. The smallest absolute Gasteiger partial charge is 0.332 e. The van der Waals surface area contributed by atoms with Crippen LogP contribution < -0.4 is 15.2 Å². The average Bonchev–Trinajstić information content (AvgIpc) is 3.30. The van der Waals surface area contributed by atoms with Crippen molar-refractivity contribution < 1.29 is 28.5 Å². The third-order valence-corrected chi connectivity index (χ3v) is 7.07. The van der Waals surface area contributed by atoms with Crippen LogP contribution in [-0.4, -0.2) is 54.2 Å². The largest absolute Gasteiger partial charge is 0.497 e. The van der Waals surface area contributed by atoms with Gasteiger partial charge < -0.3 is 24.7 Å². The third-order valence-electron chi connectivity index (χ3n) is 7.07. The van der Waals surface area contributed by atoms with E-state index in [0.29, 0.717) is 36.6 Å². The summed E-state index contributed by atoms with van der Waals surface area (Å²) in [4.78, 5) is 23.6. The molecule has 1 amide bonds. The first kappa shape index (κ1) is 30.1. The van der Waals surface area contributed by atoms with E-state index in [1.165, 1.54) is 0 Å². The zero-order valence-electron chi connectivity index (χ0n) is 24.4. The normalized spacial score (nSPS) is 17.2. The Kier molecular flexibility index (Phi) is 10.0. The predicted molar refractivity (Wildman–Crippen MR) is 156 cm³/mol. The van der Waals surface area contributed by atoms with E-state index in [1.54, 1.807) is 7.11 Å². The second-order valence-electron chi connectivity index (χ2n) is 11.6.